The topological polar surface area (TPSA) is 91.2 Å². The van der Waals surface area contributed by atoms with Gasteiger partial charge in [-0.25, -0.2) is 14.5 Å². The van der Waals surface area contributed by atoms with Gasteiger partial charge in [0.2, 0.25) is 0 Å². The van der Waals surface area contributed by atoms with Crippen molar-refractivity contribution in [3.8, 4) is 17.1 Å². The molecule has 0 radical (unpaired) electrons. The number of pyridine rings is 1. The van der Waals surface area contributed by atoms with Crippen molar-refractivity contribution in [2.75, 3.05) is 6.61 Å². The summed E-state index contributed by atoms with van der Waals surface area (Å²) in [6, 6.07) is 3.67. The second-order valence-corrected chi connectivity index (χ2v) is 8.54. The lowest BCUT2D eigenvalue weighted by molar-refractivity contribution is -0.145. The summed E-state index contributed by atoms with van der Waals surface area (Å²) in [7, 11) is 1.68. The molecule has 1 unspecified atom stereocenters. The summed E-state index contributed by atoms with van der Waals surface area (Å²) >= 11 is 0. The van der Waals surface area contributed by atoms with E-state index in [9.17, 15) is 18.0 Å². The van der Waals surface area contributed by atoms with Gasteiger partial charge in [0.15, 0.2) is 0 Å². The quantitative estimate of drug-likeness (QED) is 0.602. The molecule has 0 aliphatic heterocycles. The van der Waals surface area contributed by atoms with Crippen LogP contribution in [0.4, 0.5) is 18.0 Å². The van der Waals surface area contributed by atoms with Crippen molar-refractivity contribution in [1.29, 1.82) is 0 Å². The van der Waals surface area contributed by atoms with E-state index in [4.69, 9.17) is 9.47 Å². The highest BCUT2D eigenvalue weighted by Crippen LogP contribution is 2.28. The van der Waals surface area contributed by atoms with Crippen molar-refractivity contribution < 1.29 is 27.4 Å². The molecule has 1 saturated carbocycles. The molecule has 0 spiro atoms. The predicted octanol–water partition coefficient (Wildman–Crippen LogP) is 4.71. The summed E-state index contributed by atoms with van der Waals surface area (Å²) < 4.78 is 49.7. The van der Waals surface area contributed by atoms with Crippen molar-refractivity contribution >= 4 is 6.09 Å². The maximum Gasteiger partial charge on any atom is 0.407 e. The Hall–Kier alpha value is -2.85. The molecule has 0 saturated heterocycles. The van der Waals surface area contributed by atoms with Gasteiger partial charge in [0, 0.05) is 13.5 Å². The van der Waals surface area contributed by atoms with Crippen LogP contribution in [0, 0.1) is 12.8 Å². The summed E-state index contributed by atoms with van der Waals surface area (Å²) in [6.07, 6.45) is -0.206. The molecular weight excluding hydrogens is 439 g/mol. The van der Waals surface area contributed by atoms with Gasteiger partial charge in [0.05, 0.1) is 36.3 Å². The van der Waals surface area contributed by atoms with Gasteiger partial charge in [-0.05, 0) is 50.7 Å². The molecule has 11 heteroatoms. The summed E-state index contributed by atoms with van der Waals surface area (Å²) in [5.41, 5.74) is 2.40. The Morgan fingerprint density at radius 2 is 2.00 bits per heavy atom. The van der Waals surface area contributed by atoms with Gasteiger partial charge in [0.1, 0.15) is 11.4 Å². The summed E-state index contributed by atoms with van der Waals surface area (Å²) in [4.78, 5) is 16.6. The van der Waals surface area contributed by atoms with Crippen molar-refractivity contribution in [3.63, 3.8) is 0 Å². The molecule has 33 heavy (non-hydrogen) atoms. The standard InChI is InChI=1S/C22H30F3N5O3/c1-14(11-22(23,24)25)13-32-21(31)26-12-18-20(28-29-30(18)3)17-9-10-19(15(2)27-17)33-16-7-5-4-6-8-16/h9-10,14,16H,4-8,11-13H2,1-3H3,(H,26,31). The van der Waals surface area contributed by atoms with Gasteiger partial charge in [-0.15, -0.1) is 5.10 Å². The van der Waals surface area contributed by atoms with E-state index in [0.717, 1.165) is 24.3 Å². The average molecular weight is 470 g/mol. The zero-order chi connectivity index (χ0) is 24.0. The molecule has 1 aliphatic rings. The van der Waals surface area contributed by atoms with Gasteiger partial charge in [-0.1, -0.05) is 18.6 Å². The monoisotopic (exact) mass is 469 g/mol. The lowest BCUT2D eigenvalue weighted by Crippen LogP contribution is -2.27. The Morgan fingerprint density at radius 1 is 1.27 bits per heavy atom. The van der Waals surface area contributed by atoms with Gasteiger partial charge in [0.25, 0.3) is 0 Å². The fourth-order valence-electron chi connectivity index (χ4n) is 3.82. The van der Waals surface area contributed by atoms with Crippen molar-refractivity contribution in [2.24, 2.45) is 13.0 Å². The minimum Gasteiger partial charge on any atom is -0.489 e. The normalized spacial score (nSPS) is 15.8. The van der Waals surface area contributed by atoms with Crippen LogP contribution in [0.15, 0.2) is 12.1 Å². The first-order chi connectivity index (χ1) is 15.6. The third-order valence-electron chi connectivity index (χ3n) is 5.55. The van der Waals surface area contributed by atoms with Gasteiger partial charge >= 0.3 is 12.3 Å². The molecule has 1 N–H and O–H groups in total. The molecule has 182 valence electrons. The van der Waals surface area contributed by atoms with Crippen LogP contribution in [-0.4, -0.2) is 45.0 Å². The zero-order valence-corrected chi connectivity index (χ0v) is 19.1. The van der Waals surface area contributed by atoms with Crippen LogP contribution >= 0.6 is 0 Å². The fourth-order valence-corrected chi connectivity index (χ4v) is 3.82. The summed E-state index contributed by atoms with van der Waals surface area (Å²) in [5, 5.41) is 10.7. The van der Waals surface area contributed by atoms with Crippen molar-refractivity contribution in [1.82, 2.24) is 25.3 Å². The Labute approximate surface area is 190 Å². The number of alkyl halides is 3. The number of carbonyl (C=O) groups is 1. The fraction of sp³-hybridized carbons (Fsp3) is 0.636. The molecular formula is C22H30F3N5O3. The predicted molar refractivity (Wildman–Crippen MR) is 114 cm³/mol. The highest BCUT2D eigenvalue weighted by atomic mass is 19.4. The minimum atomic E-state index is -4.29. The number of nitrogens with zero attached hydrogens (tertiary/aromatic N) is 4. The number of alkyl carbamates (subject to hydrolysis) is 1. The molecule has 2 aromatic rings. The molecule has 1 amide bonds. The van der Waals surface area contributed by atoms with Crippen molar-refractivity contribution in [3.05, 3.63) is 23.5 Å². The van der Waals surface area contributed by atoms with E-state index in [1.165, 1.54) is 30.9 Å². The first kappa shape index (κ1) is 24.8. The molecule has 2 heterocycles. The number of nitrogens with one attached hydrogen (secondary N) is 1. The molecule has 1 fully saturated rings. The van der Waals surface area contributed by atoms with Crippen LogP contribution in [0.1, 0.15) is 56.8 Å². The number of carbonyl (C=O) groups excluding carboxylic acids is 1. The zero-order valence-electron chi connectivity index (χ0n) is 19.1. The molecule has 2 aromatic heterocycles. The largest absolute Gasteiger partial charge is 0.489 e. The lowest BCUT2D eigenvalue weighted by atomic mass is 9.98. The number of hydrogen-bond donors (Lipinski definition) is 1. The Kier molecular flexibility index (Phi) is 8.15. The van der Waals surface area contributed by atoms with Gasteiger partial charge in [-0.2, -0.15) is 13.2 Å². The van der Waals surface area contributed by atoms with Gasteiger partial charge in [-0.3, -0.25) is 0 Å². The first-order valence-corrected chi connectivity index (χ1v) is 11.1. The number of aryl methyl sites for hydroxylation is 2. The molecule has 3 rings (SSSR count). The molecule has 1 atom stereocenters. The van der Waals surface area contributed by atoms with Crippen LogP contribution < -0.4 is 10.1 Å². The smallest absolute Gasteiger partial charge is 0.407 e. The summed E-state index contributed by atoms with van der Waals surface area (Å²) in [6.45, 7) is 2.95. The van der Waals surface area contributed by atoms with E-state index in [0.29, 0.717) is 17.1 Å². The number of halogens is 3. The van der Waals surface area contributed by atoms with E-state index in [1.54, 1.807) is 13.1 Å². The van der Waals surface area contributed by atoms with Crippen molar-refractivity contribution in [2.45, 2.75) is 71.2 Å². The molecule has 1 aliphatic carbocycles. The molecule has 0 bridgehead atoms. The van der Waals surface area contributed by atoms with E-state index < -0.39 is 24.6 Å². The van der Waals surface area contributed by atoms with Crippen LogP contribution in [-0.2, 0) is 18.3 Å². The van der Waals surface area contributed by atoms with E-state index >= 15 is 0 Å². The SMILES string of the molecule is Cc1nc(-c2nnn(C)c2CNC(=O)OCC(C)CC(F)(F)F)ccc1OC1CCCCC1. The van der Waals surface area contributed by atoms with E-state index in [2.05, 4.69) is 20.6 Å². The number of ether oxygens (including phenoxy) is 2. The highest BCUT2D eigenvalue weighted by Gasteiger charge is 2.30. The number of hydrogen-bond acceptors (Lipinski definition) is 6. The maximum absolute atomic E-state index is 12.4. The number of aromatic nitrogens is 4. The average Bonchev–Trinajstić information content (AvgIpc) is 3.12. The first-order valence-electron chi connectivity index (χ1n) is 11.1. The molecule has 8 nitrogen and oxygen atoms in total. The van der Waals surface area contributed by atoms with Crippen LogP contribution in [0.3, 0.4) is 0 Å². The molecule has 0 aromatic carbocycles. The summed E-state index contributed by atoms with van der Waals surface area (Å²) in [5.74, 6) is -0.0861. The van der Waals surface area contributed by atoms with Crippen LogP contribution in [0.25, 0.3) is 11.4 Å². The maximum atomic E-state index is 12.4. The number of amides is 1. The van der Waals surface area contributed by atoms with E-state index in [1.807, 2.05) is 13.0 Å². The second-order valence-electron chi connectivity index (χ2n) is 8.54. The Morgan fingerprint density at radius 3 is 2.67 bits per heavy atom. The Bertz CT molecular complexity index is 942. The van der Waals surface area contributed by atoms with Crippen LogP contribution in [0.2, 0.25) is 0 Å². The second kappa shape index (κ2) is 10.8. The third kappa shape index (κ3) is 7.33. The minimum absolute atomic E-state index is 0.0341. The van der Waals surface area contributed by atoms with E-state index in [-0.39, 0.29) is 19.3 Å². The highest BCUT2D eigenvalue weighted by molar-refractivity contribution is 5.67. The van der Waals surface area contributed by atoms with Crippen LogP contribution in [0.5, 0.6) is 5.75 Å². The number of rotatable bonds is 8. The third-order valence-corrected chi connectivity index (χ3v) is 5.55. The van der Waals surface area contributed by atoms with Gasteiger partial charge < -0.3 is 14.8 Å². The Balaban J connectivity index is 1.60. The lowest BCUT2D eigenvalue weighted by Gasteiger charge is -2.23.